The smallest absolute Gasteiger partial charge is 0.317 e. The van der Waals surface area contributed by atoms with Crippen LogP contribution in [0.15, 0.2) is 6.33 Å². The van der Waals surface area contributed by atoms with Gasteiger partial charge < -0.3 is 25.6 Å². The number of piperazine rings is 1. The second-order valence-corrected chi connectivity index (χ2v) is 5.24. The average molecular weight is 292 g/mol. The Bertz CT molecular complexity index is 537. The minimum absolute atomic E-state index is 0.0160. The summed E-state index contributed by atoms with van der Waals surface area (Å²) < 4.78 is 5.54. The maximum absolute atomic E-state index is 11.6. The number of hydrogen-bond acceptors (Lipinski definition) is 6. The zero-order valence-electron chi connectivity index (χ0n) is 12.1. The van der Waals surface area contributed by atoms with E-state index in [0.29, 0.717) is 50.2 Å². The van der Waals surface area contributed by atoms with E-state index >= 15 is 0 Å². The van der Waals surface area contributed by atoms with E-state index in [1.165, 1.54) is 6.33 Å². The molecule has 3 N–H and O–H groups in total. The van der Waals surface area contributed by atoms with Crippen LogP contribution in [-0.2, 0) is 0 Å². The number of nitrogens with one attached hydrogen (secondary N) is 1. The minimum Gasteiger partial charge on any atom is -0.476 e. The van der Waals surface area contributed by atoms with Gasteiger partial charge in [-0.3, -0.25) is 0 Å². The molecule has 2 amide bonds. The zero-order chi connectivity index (χ0) is 14.8. The molecule has 21 heavy (non-hydrogen) atoms. The predicted molar refractivity (Wildman–Crippen MR) is 78.3 cm³/mol. The van der Waals surface area contributed by atoms with E-state index in [-0.39, 0.29) is 12.1 Å². The van der Waals surface area contributed by atoms with Gasteiger partial charge in [0.2, 0.25) is 5.88 Å². The van der Waals surface area contributed by atoms with Crippen molar-refractivity contribution in [3.05, 3.63) is 6.33 Å². The molecule has 2 fully saturated rings. The number of fused-ring (bicyclic) bond motifs is 1. The molecule has 114 valence electrons. The van der Waals surface area contributed by atoms with Gasteiger partial charge >= 0.3 is 6.03 Å². The fourth-order valence-corrected chi connectivity index (χ4v) is 2.73. The Kier molecular flexibility index (Phi) is 3.68. The first kappa shape index (κ1) is 13.7. The third-order valence-electron chi connectivity index (χ3n) is 3.80. The topological polar surface area (TPSA) is 96.6 Å². The number of carbonyl (C=O) groups is 1. The quantitative estimate of drug-likeness (QED) is 0.814. The number of ether oxygens (including phenoxy) is 1. The molecule has 3 heterocycles. The van der Waals surface area contributed by atoms with E-state index in [1.54, 1.807) is 0 Å². The maximum atomic E-state index is 11.6. The van der Waals surface area contributed by atoms with Crippen LogP contribution in [-0.4, -0.2) is 59.7 Å². The molecule has 0 radical (unpaired) electrons. The van der Waals surface area contributed by atoms with Crippen molar-refractivity contribution in [2.45, 2.75) is 19.4 Å². The van der Waals surface area contributed by atoms with Gasteiger partial charge in [0.15, 0.2) is 5.82 Å². The van der Waals surface area contributed by atoms with Crippen molar-refractivity contribution >= 4 is 17.5 Å². The normalized spacial score (nSPS) is 21.2. The summed E-state index contributed by atoms with van der Waals surface area (Å²) in [4.78, 5) is 24.0. The van der Waals surface area contributed by atoms with Gasteiger partial charge in [-0.05, 0) is 6.42 Å². The number of hydrogen-bond donors (Lipinski definition) is 2. The minimum atomic E-state index is 0.0160. The largest absolute Gasteiger partial charge is 0.476 e. The fraction of sp³-hybridized carbons (Fsp3) is 0.615. The molecular weight excluding hydrogens is 272 g/mol. The van der Waals surface area contributed by atoms with Crippen molar-refractivity contribution in [1.29, 1.82) is 0 Å². The third kappa shape index (κ3) is 2.53. The van der Waals surface area contributed by atoms with Crippen LogP contribution < -0.4 is 20.7 Å². The number of nitrogen functional groups attached to an aromatic ring is 1. The molecule has 1 aromatic heterocycles. The van der Waals surface area contributed by atoms with Crippen LogP contribution in [0.2, 0.25) is 0 Å². The van der Waals surface area contributed by atoms with Crippen LogP contribution >= 0.6 is 0 Å². The van der Waals surface area contributed by atoms with Gasteiger partial charge in [0.05, 0.1) is 12.6 Å². The lowest BCUT2D eigenvalue weighted by molar-refractivity contribution is 0.197. The number of rotatable bonds is 4. The van der Waals surface area contributed by atoms with Gasteiger partial charge in [-0.1, -0.05) is 6.92 Å². The van der Waals surface area contributed by atoms with Crippen LogP contribution in [0.25, 0.3) is 0 Å². The Morgan fingerprint density at radius 2 is 2.33 bits per heavy atom. The second kappa shape index (κ2) is 5.63. The van der Waals surface area contributed by atoms with Gasteiger partial charge in [0.1, 0.15) is 12.0 Å². The number of aromatic nitrogens is 2. The van der Waals surface area contributed by atoms with Crippen LogP contribution in [0.3, 0.4) is 0 Å². The molecule has 1 atom stereocenters. The van der Waals surface area contributed by atoms with Crippen LogP contribution in [0, 0.1) is 0 Å². The molecule has 2 saturated heterocycles. The highest BCUT2D eigenvalue weighted by molar-refractivity contribution is 5.78. The van der Waals surface area contributed by atoms with Gasteiger partial charge in [-0.15, -0.1) is 0 Å². The number of nitrogens with two attached hydrogens (primary N) is 1. The van der Waals surface area contributed by atoms with Crippen LogP contribution in [0.4, 0.5) is 16.3 Å². The summed E-state index contributed by atoms with van der Waals surface area (Å²) in [5.74, 6) is 1.13. The molecule has 0 saturated carbocycles. The van der Waals surface area contributed by atoms with Crippen molar-refractivity contribution in [2.24, 2.45) is 0 Å². The van der Waals surface area contributed by atoms with Gasteiger partial charge in [0.25, 0.3) is 0 Å². The number of carbonyl (C=O) groups excluding carboxylic acids is 1. The lowest BCUT2D eigenvalue weighted by Gasteiger charge is -2.37. The average Bonchev–Trinajstić information content (AvgIpc) is 2.87. The van der Waals surface area contributed by atoms with E-state index in [9.17, 15) is 4.79 Å². The van der Waals surface area contributed by atoms with Gasteiger partial charge in [-0.2, -0.15) is 4.98 Å². The second-order valence-electron chi connectivity index (χ2n) is 5.24. The van der Waals surface area contributed by atoms with Crippen molar-refractivity contribution in [3.63, 3.8) is 0 Å². The highest BCUT2D eigenvalue weighted by Crippen LogP contribution is 2.29. The fourth-order valence-electron chi connectivity index (χ4n) is 2.73. The molecule has 0 aromatic carbocycles. The Morgan fingerprint density at radius 1 is 1.48 bits per heavy atom. The van der Waals surface area contributed by atoms with Gasteiger partial charge in [-0.25, -0.2) is 9.78 Å². The van der Waals surface area contributed by atoms with Crippen LogP contribution in [0.1, 0.15) is 13.3 Å². The Morgan fingerprint density at radius 3 is 3.14 bits per heavy atom. The van der Waals surface area contributed by atoms with E-state index in [0.717, 1.165) is 6.42 Å². The molecule has 8 heteroatoms. The molecular formula is C13H20N6O2. The number of urea groups is 1. The SMILES string of the molecule is CCCOc1ncnc(N2CCN3C(=O)NCC3C2)c1N. The van der Waals surface area contributed by atoms with E-state index < -0.39 is 0 Å². The maximum Gasteiger partial charge on any atom is 0.317 e. The standard InChI is InChI=1S/C13H20N6O2/c1-2-5-21-12-10(14)11(16-8-17-12)18-3-4-19-9(7-18)6-15-13(19)20/h8-9H,2-7,14H2,1H3,(H,15,20). The molecule has 3 rings (SSSR count). The van der Waals surface area contributed by atoms with E-state index in [2.05, 4.69) is 20.2 Å². The summed E-state index contributed by atoms with van der Waals surface area (Å²) >= 11 is 0. The molecule has 0 aliphatic carbocycles. The first-order valence-corrected chi connectivity index (χ1v) is 7.23. The Hall–Kier alpha value is -2.25. The highest BCUT2D eigenvalue weighted by Gasteiger charge is 2.36. The molecule has 0 spiro atoms. The monoisotopic (exact) mass is 292 g/mol. The molecule has 2 aliphatic rings. The number of amides is 2. The van der Waals surface area contributed by atoms with Gasteiger partial charge in [0, 0.05) is 26.2 Å². The predicted octanol–water partition coefficient (Wildman–Crippen LogP) is 0.0614. The first-order valence-electron chi connectivity index (χ1n) is 7.23. The summed E-state index contributed by atoms with van der Waals surface area (Å²) in [7, 11) is 0. The third-order valence-corrected chi connectivity index (χ3v) is 3.80. The molecule has 1 unspecified atom stereocenters. The molecule has 2 aliphatic heterocycles. The van der Waals surface area contributed by atoms with Crippen molar-refractivity contribution in [1.82, 2.24) is 20.2 Å². The van der Waals surface area contributed by atoms with Crippen molar-refractivity contribution in [3.8, 4) is 5.88 Å². The van der Waals surface area contributed by atoms with Crippen molar-refractivity contribution in [2.75, 3.05) is 43.4 Å². The highest BCUT2D eigenvalue weighted by atomic mass is 16.5. The molecule has 1 aromatic rings. The van der Waals surface area contributed by atoms with Crippen LogP contribution in [0.5, 0.6) is 5.88 Å². The first-order chi connectivity index (χ1) is 10.2. The summed E-state index contributed by atoms with van der Waals surface area (Å²) in [6.45, 7) is 5.37. The van der Waals surface area contributed by atoms with E-state index in [1.807, 2.05) is 11.8 Å². The van der Waals surface area contributed by atoms with Crippen molar-refractivity contribution < 1.29 is 9.53 Å². The zero-order valence-corrected chi connectivity index (χ0v) is 12.1. The molecule has 0 bridgehead atoms. The summed E-state index contributed by atoms with van der Waals surface area (Å²) in [6, 6.07) is 0.183. The number of nitrogens with zero attached hydrogens (tertiary/aromatic N) is 4. The Balaban J connectivity index is 1.76. The molecule has 8 nitrogen and oxygen atoms in total. The van der Waals surface area contributed by atoms with E-state index in [4.69, 9.17) is 10.5 Å². The summed E-state index contributed by atoms with van der Waals surface area (Å²) in [5, 5.41) is 2.86. The Labute approximate surface area is 123 Å². The lowest BCUT2D eigenvalue weighted by atomic mass is 10.2. The number of anilines is 2. The summed E-state index contributed by atoms with van der Waals surface area (Å²) in [6.07, 6.45) is 2.37. The lowest BCUT2D eigenvalue weighted by Crippen LogP contribution is -2.52. The summed E-state index contributed by atoms with van der Waals surface area (Å²) in [5.41, 5.74) is 6.60.